The van der Waals surface area contributed by atoms with Crippen LogP contribution in [0.25, 0.3) is 22.5 Å². The molecule has 0 aliphatic heterocycles. The molecule has 1 fully saturated rings. The molecule has 1 saturated carbocycles. The van der Waals surface area contributed by atoms with Crippen molar-refractivity contribution in [1.29, 1.82) is 0 Å². The van der Waals surface area contributed by atoms with E-state index in [-0.39, 0.29) is 22.9 Å². The summed E-state index contributed by atoms with van der Waals surface area (Å²) in [4.78, 5) is 17.0. The van der Waals surface area contributed by atoms with E-state index in [1.54, 1.807) is 30.6 Å². The van der Waals surface area contributed by atoms with E-state index < -0.39 is 10.0 Å². The quantitative estimate of drug-likeness (QED) is 0.547. The molecule has 2 aromatic heterocycles. The Balaban J connectivity index is 1.67. The van der Waals surface area contributed by atoms with Crippen LogP contribution in [0.5, 0.6) is 0 Å². The maximum absolute atomic E-state index is 13.0. The van der Waals surface area contributed by atoms with Crippen molar-refractivity contribution in [2.75, 3.05) is 5.73 Å². The van der Waals surface area contributed by atoms with E-state index in [0.29, 0.717) is 48.2 Å². The van der Waals surface area contributed by atoms with Gasteiger partial charge >= 0.3 is 0 Å². The molecular formula is C21H24N6O3S. The van der Waals surface area contributed by atoms with Gasteiger partial charge in [0, 0.05) is 29.6 Å². The highest BCUT2D eigenvalue weighted by atomic mass is 32.2. The first-order valence-electron chi connectivity index (χ1n) is 10.0. The van der Waals surface area contributed by atoms with Crippen LogP contribution in [0.4, 0.5) is 5.82 Å². The summed E-state index contributed by atoms with van der Waals surface area (Å²) in [6.45, 7) is 1.88. The molecule has 162 valence electrons. The predicted molar refractivity (Wildman–Crippen MR) is 116 cm³/mol. The first-order valence-corrected chi connectivity index (χ1v) is 11.5. The highest BCUT2D eigenvalue weighted by Crippen LogP contribution is 2.29. The van der Waals surface area contributed by atoms with Crippen LogP contribution < -0.4 is 10.5 Å². The minimum atomic E-state index is -3.72. The molecule has 1 aromatic carbocycles. The van der Waals surface area contributed by atoms with Gasteiger partial charge < -0.3 is 10.8 Å². The standard InChI is InChI=1S/C21H24N6O3S/c1-13-2-7-17(31(29,30)27-15-3-5-16(28)6-4-15)8-18(13)19-11-25-21(22)20(26-19)14-9-23-12-24-10-14/h2,7-12,15-16,27-28H,3-6H2,1H3,(H2,22,25). The number of rotatable bonds is 5. The number of anilines is 1. The summed E-state index contributed by atoms with van der Waals surface area (Å²) in [6.07, 6.45) is 8.20. The van der Waals surface area contributed by atoms with Gasteiger partial charge in [0.15, 0.2) is 0 Å². The number of sulfonamides is 1. The Hall–Kier alpha value is -2.95. The van der Waals surface area contributed by atoms with Crippen LogP contribution in [0.15, 0.2) is 48.0 Å². The van der Waals surface area contributed by atoms with Crippen LogP contribution in [0, 0.1) is 6.92 Å². The molecule has 0 bridgehead atoms. The number of hydrogen-bond acceptors (Lipinski definition) is 8. The maximum Gasteiger partial charge on any atom is 0.240 e. The van der Waals surface area contributed by atoms with Crippen LogP contribution in [0.1, 0.15) is 31.2 Å². The fraction of sp³-hybridized carbons (Fsp3) is 0.333. The lowest BCUT2D eigenvalue weighted by Crippen LogP contribution is -2.38. The molecule has 10 heteroatoms. The molecule has 9 nitrogen and oxygen atoms in total. The second kappa shape index (κ2) is 8.66. The first-order chi connectivity index (χ1) is 14.8. The summed E-state index contributed by atoms with van der Waals surface area (Å²) in [5.74, 6) is 0.237. The number of nitrogens with one attached hydrogen (secondary N) is 1. The number of nitrogens with two attached hydrogens (primary N) is 1. The van der Waals surface area contributed by atoms with Crippen LogP contribution in [-0.2, 0) is 10.0 Å². The van der Waals surface area contributed by atoms with E-state index >= 15 is 0 Å². The predicted octanol–water partition coefficient (Wildman–Crippen LogP) is 2.07. The summed E-state index contributed by atoms with van der Waals surface area (Å²) >= 11 is 0. The number of hydrogen-bond donors (Lipinski definition) is 3. The summed E-state index contributed by atoms with van der Waals surface area (Å²) < 4.78 is 28.7. The fourth-order valence-electron chi connectivity index (χ4n) is 3.69. The Labute approximate surface area is 180 Å². The number of aliphatic hydroxyl groups is 1. The van der Waals surface area contributed by atoms with Gasteiger partial charge in [-0.15, -0.1) is 0 Å². The molecule has 0 radical (unpaired) electrons. The van der Waals surface area contributed by atoms with E-state index in [1.165, 1.54) is 12.5 Å². The summed E-state index contributed by atoms with van der Waals surface area (Å²) in [6, 6.07) is 4.74. The number of aromatic nitrogens is 4. The van der Waals surface area contributed by atoms with E-state index in [1.807, 2.05) is 6.92 Å². The monoisotopic (exact) mass is 440 g/mol. The smallest absolute Gasteiger partial charge is 0.240 e. The molecule has 0 atom stereocenters. The van der Waals surface area contributed by atoms with Gasteiger partial charge in [-0.05, 0) is 50.3 Å². The zero-order valence-electron chi connectivity index (χ0n) is 17.1. The minimum Gasteiger partial charge on any atom is -0.393 e. The van der Waals surface area contributed by atoms with Crippen molar-refractivity contribution < 1.29 is 13.5 Å². The molecule has 0 saturated heterocycles. The Bertz CT molecular complexity index is 1180. The molecular weight excluding hydrogens is 416 g/mol. The first kappa shape index (κ1) is 21.3. The van der Waals surface area contributed by atoms with Crippen LogP contribution in [-0.4, -0.2) is 45.6 Å². The summed E-state index contributed by atoms with van der Waals surface area (Å²) in [5, 5.41) is 9.65. The van der Waals surface area contributed by atoms with Crippen LogP contribution in [0.2, 0.25) is 0 Å². The second-order valence-electron chi connectivity index (χ2n) is 7.72. The topological polar surface area (TPSA) is 144 Å². The molecule has 4 rings (SSSR count). The average Bonchev–Trinajstić information content (AvgIpc) is 2.76. The molecule has 2 heterocycles. The minimum absolute atomic E-state index is 0.155. The summed E-state index contributed by atoms with van der Waals surface area (Å²) in [7, 11) is -3.72. The normalized spacial score (nSPS) is 19.3. The van der Waals surface area contributed by atoms with Gasteiger partial charge in [0.2, 0.25) is 10.0 Å². The van der Waals surface area contributed by atoms with Crippen molar-refractivity contribution in [3.05, 3.63) is 48.7 Å². The third-order valence-electron chi connectivity index (χ3n) is 5.45. The van der Waals surface area contributed by atoms with E-state index in [4.69, 9.17) is 5.73 Å². The number of nitrogen functional groups attached to an aromatic ring is 1. The van der Waals surface area contributed by atoms with Crippen molar-refractivity contribution >= 4 is 15.8 Å². The van der Waals surface area contributed by atoms with E-state index in [2.05, 4.69) is 24.7 Å². The van der Waals surface area contributed by atoms with Gasteiger partial charge in [-0.2, -0.15) is 0 Å². The Morgan fingerprint density at radius 3 is 2.52 bits per heavy atom. The third kappa shape index (κ3) is 4.71. The largest absolute Gasteiger partial charge is 0.393 e. The van der Waals surface area contributed by atoms with Crippen LogP contribution >= 0.6 is 0 Å². The van der Waals surface area contributed by atoms with Crippen molar-refractivity contribution in [1.82, 2.24) is 24.7 Å². The summed E-state index contributed by atoms with van der Waals surface area (Å²) in [5.41, 5.74) is 9.06. The van der Waals surface area contributed by atoms with Crippen molar-refractivity contribution in [3.63, 3.8) is 0 Å². The van der Waals surface area contributed by atoms with Crippen molar-refractivity contribution in [2.45, 2.75) is 49.6 Å². The molecule has 4 N–H and O–H groups in total. The van der Waals surface area contributed by atoms with Gasteiger partial charge in [-0.3, -0.25) is 0 Å². The maximum atomic E-state index is 13.0. The molecule has 0 unspecified atom stereocenters. The molecule has 1 aliphatic rings. The molecule has 3 aromatic rings. The van der Waals surface area contributed by atoms with Crippen LogP contribution in [0.3, 0.4) is 0 Å². The van der Waals surface area contributed by atoms with Gasteiger partial charge in [0.25, 0.3) is 0 Å². The van der Waals surface area contributed by atoms with Gasteiger partial charge in [-0.25, -0.2) is 33.1 Å². The van der Waals surface area contributed by atoms with Crippen molar-refractivity contribution in [3.8, 4) is 22.5 Å². The highest BCUT2D eigenvalue weighted by Gasteiger charge is 2.25. The number of aryl methyl sites for hydroxylation is 1. The van der Waals surface area contributed by atoms with Gasteiger partial charge in [0.1, 0.15) is 17.8 Å². The molecule has 31 heavy (non-hydrogen) atoms. The fourth-order valence-corrected chi connectivity index (χ4v) is 5.02. The lowest BCUT2D eigenvalue weighted by atomic mass is 9.94. The lowest BCUT2D eigenvalue weighted by molar-refractivity contribution is 0.120. The van der Waals surface area contributed by atoms with Gasteiger partial charge in [0.05, 0.1) is 22.9 Å². The van der Waals surface area contributed by atoms with E-state index in [9.17, 15) is 13.5 Å². The van der Waals surface area contributed by atoms with E-state index in [0.717, 1.165) is 5.56 Å². The number of nitrogens with zero attached hydrogens (tertiary/aromatic N) is 4. The third-order valence-corrected chi connectivity index (χ3v) is 6.97. The van der Waals surface area contributed by atoms with Gasteiger partial charge in [-0.1, -0.05) is 6.07 Å². The zero-order valence-corrected chi connectivity index (χ0v) is 17.9. The SMILES string of the molecule is Cc1ccc(S(=O)(=O)NC2CCC(O)CC2)cc1-c1cnc(N)c(-c2cncnc2)n1. The molecule has 0 amide bonds. The molecule has 1 aliphatic carbocycles. The average molecular weight is 441 g/mol. The second-order valence-corrected chi connectivity index (χ2v) is 9.43. The zero-order chi connectivity index (χ0) is 22.0. The highest BCUT2D eigenvalue weighted by molar-refractivity contribution is 7.89. The Morgan fingerprint density at radius 2 is 1.81 bits per heavy atom. The Kier molecular flexibility index (Phi) is 5.94. The van der Waals surface area contributed by atoms with Crippen molar-refractivity contribution in [2.24, 2.45) is 0 Å². The number of aliphatic hydroxyl groups excluding tert-OH is 1. The molecule has 0 spiro atoms. The lowest BCUT2D eigenvalue weighted by Gasteiger charge is -2.26. The Morgan fingerprint density at radius 1 is 1.10 bits per heavy atom. The number of benzene rings is 1.